The lowest BCUT2D eigenvalue weighted by molar-refractivity contribution is 0.102. The molecule has 0 unspecified atom stereocenters. The Morgan fingerprint density at radius 1 is 0.960 bits per heavy atom. The zero-order valence-electron chi connectivity index (χ0n) is 13.1. The van der Waals surface area contributed by atoms with Crippen molar-refractivity contribution in [2.75, 3.05) is 5.32 Å². The van der Waals surface area contributed by atoms with Crippen molar-refractivity contribution in [1.29, 1.82) is 0 Å². The minimum Gasteiger partial charge on any atom is -0.322 e. The van der Waals surface area contributed by atoms with Crippen LogP contribution in [0.5, 0.6) is 0 Å². The molecule has 1 amide bonds. The predicted octanol–water partition coefficient (Wildman–Crippen LogP) is 5.87. The van der Waals surface area contributed by atoms with E-state index in [1.54, 1.807) is 35.6 Å². The summed E-state index contributed by atoms with van der Waals surface area (Å²) in [5.41, 5.74) is 3.11. The molecule has 1 heterocycles. The second kappa shape index (κ2) is 6.67. The van der Waals surface area contributed by atoms with Gasteiger partial charge in [-0.05, 0) is 36.4 Å². The van der Waals surface area contributed by atoms with E-state index in [1.807, 2.05) is 42.5 Å². The number of hydrogen-bond donors (Lipinski definition) is 1. The zero-order valence-corrected chi connectivity index (χ0v) is 14.6. The van der Waals surface area contributed by atoms with E-state index in [0.29, 0.717) is 16.3 Å². The van der Waals surface area contributed by atoms with Gasteiger partial charge in [0.15, 0.2) is 0 Å². The van der Waals surface area contributed by atoms with Crippen LogP contribution in [0.3, 0.4) is 0 Å². The van der Waals surface area contributed by atoms with Gasteiger partial charge in [0, 0.05) is 11.3 Å². The first-order chi connectivity index (χ1) is 12.2. The minimum atomic E-state index is -0.230. The molecule has 122 valence electrons. The number of para-hydroxylation sites is 1. The van der Waals surface area contributed by atoms with Crippen molar-refractivity contribution in [2.45, 2.75) is 0 Å². The molecule has 3 aromatic carbocycles. The third-order valence-electron chi connectivity index (χ3n) is 3.78. The van der Waals surface area contributed by atoms with Crippen molar-refractivity contribution >= 4 is 44.7 Å². The van der Waals surface area contributed by atoms with Crippen molar-refractivity contribution in [1.82, 2.24) is 4.98 Å². The zero-order chi connectivity index (χ0) is 17.2. The molecule has 0 saturated heterocycles. The van der Waals surface area contributed by atoms with E-state index in [1.165, 1.54) is 0 Å². The number of carbonyl (C=O) groups excluding carboxylic acids is 1. The number of rotatable bonds is 3. The highest BCUT2D eigenvalue weighted by Gasteiger charge is 2.11. The van der Waals surface area contributed by atoms with Crippen LogP contribution in [0.1, 0.15) is 10.4 Å². The molecule has 25 heavy (non-hydrogen) atoms. The number of nitrogens with one attached hydrogen (secondary N) is 1. The third kappa shape index (κ3) is 3.27. The molecule has 1 N–H and O–H groups in total. The fraction of sp³-hybridized carbons (Fsp3) is 0. The average molecular weight is 365 g/mol. The van der Waals surface area contributed by atoms with Gasteiger partial charge in [-0.2, -0.15) is 0 Å². The van der Waals surface area contributed by atoms with E-state index < -0.39 is 0 Å². The summed E-state index contributed by atoms with van der Waals surface area (Å²) in [6.45, 7) is 0. The van der Waals surface area contributed by atoms with Crippen LogP contribution in [0.15, 0.2) is 72.8 Å². The molecule has 0 aliphatic carbocycles. The number of aromatic nitrogens is 1. The minimum absolute atomic E-state index is 0.230. The third-order valence-corrected chi connectivity index (χ3v) is 5.19. The molecule has 0 saturated carbocycles. The van der Waals surface area contributed by atoms with Gasteiger partial charge in [0.1, 0.15) is 5.01 Å². The molecule has 4 aromatic rings. The maximum atomic E-state index is 12.4. The van der Waals surface area contributed by atoms with Crippen LogP contribution < -0.4 is 5.32 Å². The predicted molar refractivity (Wildman–Crippen MR) is 104 cm³/mol. The second-order valence-corrected chi connectivity index (χ2v) is 6.94. The Labute approximate surface area is 153 Å². The maximum absolute atomic E-state index is 12.4. The van der Waals surface area contributed by atoms with Gasteiger partial charge in [0.2, 0.25) is 0 Å². The quantitative estimate of drug-likeness (QED) is 0.494. The van der Waals surface area contributed by atoms with Gasteiger partial charge in [-0.15, -0.1) is 11.3 Å². The number of hydrogen-bond acceptors (Lipinski definition) is 3. The largest absolute Gasteiger partial charge is 0.322 e. The number of fused-ring (bicyclic) bond motifs is 1. The first kappa shape index (κ1) is 15.8. The van der Waals surface area contributed by atoms with Crippen molar-refractivity contribution < 1.29 is 4.79 Å². The number of halogens is 1. The van der Waals surface area contributed by atoms with E-state index >= 15 is 0 Å². The molecular weight excluding hydrogens is 352 g/mol. The average Bonchev–Trinajstić information content (AvgIpc) is 3.06. The summed E-state index contributed by atoms with van der Waals surface area (Å²) in [6, 6.07) is 22.7. The SMILES string of the molecule is O=C(Nc1cccc(-c2nc3ccccc3s2)c1)c1ccccc1Cl. The highest BCUT2D eigenvalue weighted by atomic mass is 35.5. The lowest BCUT2D eigenvalue weighted by atomic mass is 10.2. The van der Waals surface area contributed by atoms with Gasteiger partial charge in [-0.3, -0.25) is 4.79 Å². The number of benzene rings is 3. The molecule has 4 rings (SSSR count). The van der Waals surface area contributed by atoms with Gasteiger partial charge in [-0.25, -0.2) is 4.98 Å². The molecule has 1 aromatic heterocycles. The number of amides is 1. The van der Waals surface area contributed by atoms with Crippen LogP contribution in [-0.4, -0.2) is 10.9 Å². The lowest BCUT2D eigenvalue weighted by Gasteiger charge is -2.07. The van der Waals surface area contributed by atoms with Gasteiger partial charge in [-0.1, -0.05) is 48.0 Å². The molecule has 0 aliphatic heterocycles. The van der Waals surface area contributed by atoms with Crippen LogP contribution >= 0.6 is 22.9 Å². The Morgan fingerprint density at radius 3 is 2.60 bits per heavy atom. The highest BCUT2D eigenvalue weighted by molar-refractivity contribution is 7.21. The molecular formula is C20H13ClN2OS. The van der Waals surface area contributed by atoms with E-state index in [9.17, 15) is 4.79 Å². The molecule has 0 spiro atoms. The van der Waals surface area contributed by atoms with E-state index in [-0.39, 0.29) is 5.91 Å². The summed E-state index contributed by atoms with van der Waals surface area (Å²) in [4.78, 5) is 17.1. The van der Waals surface area contributed by atoms with E-state index in [4.69, 9.17) is 11.6 Å². The van der Waals surface area contributed by atoms with Crippen molar-refractivity contribution in [2.24, 2.45) is 0 Å². The molecule has 5 heteroatoms. The van der Waals surface area contributed by atoms with Gasteiger partial charge in [0.05, 0.1) is 20.8 Å². The van der Waals surface area contributed by atoms with Crippen molar-refractivity contribution in [3.63, 3.8) is 0 Å². The summed E-state index contributed by atoms with van der Waals surface area (Å²) >= 11 is 7.72. The monoisotopic (exact) mass is 364 g/mol. The van der Waals surface area contributed by atoms with Crippen molar-refractivity contribution in [3.8, 4) is 10.6 Å². The summed E-state index contributed by atoms with van der Waals surface area (Å²) in [5.74, 6) is -0.230. The van der Waals surface area contributed by atoms with Crippen LogP contribution in [0, 0.1) is 0 Å². The van der Waals surface area contributed by atoms with Crippen LogP contribution in [0.2, 0.25) is 5.02 Å². The number of nitrogens with zero attached hydrogens (tertiary/aromatic N) is 1. The molecule has 0 bridgehead atoms. The standard InChI is InChI=1S/C20H13ClN2OS/c21-16-9-2-1-8-15(16)19(24)22-14-7-5-6-13(12-14)20-23-17-10-3-4-11-18(17)25-20/h1-12H,(H,22,24). The summed E-state index contributed by atoms with van der Waals surface area (Å²) in [7, 11) is 0. The van der Waals surface area contributed by atoms with E-state index in [2.05, 4.69) is 16.4 Å². The Balaban J connectivity index is 1.63. The van der Waals surface area contributed by atoms with Crippen LogP contribution in [0.25, 0.3) is 20.8 Å². The summed E-state index contributed by atoms with van der Waals surface area (Å²) < 4.78 is 1.14. The Kier molecular flexibility index (Phi) is 4.22. The molecule has 0 aliphatic rings. The first-order valence-electron chi connectivity index (χ1n) is 7.72. The Bertz CT molecular complexity index is 1040. The van der Waals surface area contributed by atoms with Crippen molar-refractivity contribution in [3.05, 3.63) is 83.4 Å². The topological polar surface area (TPSA) is 42.0 Å². The van der Waals surface area contributed by atoms with Crippen LogP contribution in [0.4, 0.5) is 5.69 Å². The Morgan fingerprint density at radius 2 is 1.76 bits per heavy atom. The lowest BCUT2D eigenvalue weighted by Crippen LogP contribution is -2.12. The molecule has 3 nitrogen and oxygen atoms in total. The fourth-order valence-corrected chi connectivity index (χ4v) is 3.75. The summed E-state index contributed by atoms with van der Waals surface area (Å²) in [6.07, 6.45) is 0. The van der Waals surface area contributed by atoms with Gasteiger partial charge < -0.3 is 5.32 Å². The Hall–Kier alpha value is -2.69. The molecule has 0 fully saturated rings. The first-order valence-corrected chi connectivity index (χ1v) is 8.92. The number of carbonyl (C=O) groups is 1. The van der Waals surface area contributed by atoms with E-state index in [0.717, 1.165) is 20.8 Å². The smallest absolute Gasteiger partial charge is 0.257 e. The molecule has 0 radical (unpaired) electrons. The van der Waals surface area contributed by atoms with Gasteiger partial charge >= 0.3 is 0 Å². The van der Waals surface area contributed by atoms with Crippen LogP contribution in [-0.2, 0) is 0 Å². The maximum Gasteiger partial charge on any atom is 0.257 e. The summed E-state index contributed by atoms with van der Waals surface area (Å²) in [5, 5.41) is 4.26. The highest BCUT2D eigenvalue weighted by Crippen LogP contribution is 2.31. The molecule has 0 atom stereocenters. The normalized spacial score (nSPS) is 10.8. The fourth-order valence-electron chi connectivity index (χ4n) is 2.57. The van der Waals surface area contributed by atoms with Gasteiger partial charge in [0.25, 0.3) is 5.91 Å². The number of thiazole rings is 1. The second-order valence-electron chi connectivity index (χ2n) is 5.50. The number of anilines is 1.